The predicted molar refractivity (Wildman–Crippen MR) is 104 cm³/mol. The molecule has 1 heterocycles. The van der Waals surface area contributed by atoms with Crippen LogP contribution in [-0.4, -0.2) is 27.1 Å². The quantitative estimate of drug-likeness (QED) is 0.634. The van der Waals surface area contributed by atoms with E-state index < -0.39 is 0 Å². The highest BCUT2D eigenvalue weighted by molar-refractivity contribution is 6.09. The number of rotatable bonds is 4. The lowest BCUT2D eigenvalue weighted by Crippen LogP contribution is -2.37. The summed E-state index contributed by atoms with van der Waals surface area (Å²) in [5.74, 6) is -0.482. The first-order chi connectivity index (χ1) is 12.3. The minimum absolute atomic E-state index is 0.00103. The highest BCUT2D eigenvalue weighted by atomic mass is 16.3. The summed E-state index contributed by atoms with van der Waals surface area (Å²) in [5, 5.41) is 21.3. The molecule has 5 nitrogen and oxygen atoms in total. The van der Waals surface area contributed by atoms with Crippen LogP contribution in [0.4, 0.5) is 5.69 Å². The topological polar surface area (TPSA) is 76.6 Å². The zero-order valence-corrected chi connectivity index (χ0v) is 15.4. The number of nitrogens with one attached hydrogen (secondary N) is 1. The molecule has 0 fully saturated rings. The van der Waals surface area contributed by atoms with Crippen LogP contribution in [0, 0.1) is 0 Å². The molecule has 26 heavy (non-hydrogen) atoms. The van der Waals surface area contributed by atoms with Crippen molar-refractivity contribution in [3.05, 3.63) is 53.7 Å². The number of amides is 1. The summed E-state index contributed by atoms with van der Waals surface area (Å²) in [6, 6.07) is 10.5. The van der Waals surface area contributed by atoms with Gasteiger partial charge >= 0.3 is 0 Å². The van der Waals surface area contributed by atoms with E-state index in [1.54, 1.807) is 11.0 Å². The summed E-state index contributed by atoms with van der Waals surface area (Å²) in [4.78, 5) is 18.0. The van der Waals surface area contributed by atoms with Crippen molar-refractivity contribution in [2.24, 2.45) is 0 Å². The van der Waals surface area contributed by atoms with Crippen molar-refractivity contribution in [1.82, 2.24) is 4.98 Å². The molecule has 0 spiro atoms. The molecule has 0 radical (unpaired) electrons. The second-order valence-electron chi connectivity index (χ2n) is 7.10. The lowest BCUT2D eigenvalue weighted by Gasteiger charge is -2.28. The lowest BCUT2D eigenvalue weighted by atomic mass is 9.98. The number of aromatic nitrogens is 1. The van der Waals surface area contributed by atoms with Crippen molar-refractivity contribution >= 4 is 22.5 Å². The first-order valence-electron chi connectivity index (χ1n) is 8.76. The van der Waals surface area contributed by atoms with E-state index in [4.69, 9.17) is 0 Å². The van der Waals surface area contributed by atoms with Gasteiger partial charge in [0.25, 0.3) is 5.91 Å². The van der Waals surface area contributed by atoms with Gasteiger partial charge in [-0.3, -0.25) is 4.79 Å². The largest absolute Gasteiger partial charge is 0.508 e. The average molecular weight is 352 g/mol. The molecule has 0 unspecified atom stereocenters. The number of benzene rings is 2. The number of anilines is 1. The van der Waals surface area contributed by atoms with Gasteiger partial charge < -0.3 is 20.1 Å². The summed E-state index contributed by atoms with van der Waals surface area (Å²) >= 11 is 0. The Balaban J connectivity index is 2.08. The Labute approximate surface area is 152 Å². The van der Waals surface area contributed by atoms with E-state index in [0.29, 0.717) is 5.56 Å². The number of phenols is 2. The molecule has 2 aromatic carbocycles. The summed E-state index contributed by atoms with van der Waals surface area (Å²) in [6.07, 6.45) is 1.86. The van der Waals surface area contributed by atoms with Crippen LogP contribution >= 0.6 is 0 Å². The summed E-state index contributed by atoms with van der Waals surface area (Å²) in [6.45, 7) is 7.72. The van der Waals surface area contributed by atoms with E-state index in [-0.39, 0.29) is 34.9 Å². The number of carbonyl (C=O) groups excluding carboxylic acids is 1. The van der Waals surface area contributed by atoms with Crippen molar-refractivity contribution in [3.63, 3.8) is 0 Å². The van der Waals surface area contributed by atoms with Crippen molar-refractivity contribution < 1.29 is 15.0 Å². The molecule has 0 saturated carbocycles. The van der Waals surface area contributed by atoms with Gasteiger partial charge in [0, 0.05) is 34.9 Å². The summed E-state index contributed by atoms with van der Waals surface area (Å²) in [5.41, 5.74) is 2.58. The fraction of sp³-hybridized carbons (Fsp3) is 0.286. The molecule has 0 atom stereocenters. The third kappa shape index (κ3) is 3.12. The number of H-pyrrole nitrogens is 1. The first-order valence-corrected chi connectivity index (χ1v) is 8.76. The van der Waals surface area contributed by atoms with Gasteiger partial charge in [-0.05, 0) is 55.7 Å². The van der Waals surface area contributed by atoms with E-state index in [1.165, 1.54) is 6.07 Å². The Hall–Kier alpha value is -2.95. The van der Waals surface area contributed by atoms with Gasteiger partial charge in [-0.2, -0.15) is 0 Å². The number of aromatic amines is 1. The molecule has 5 heteroatoms. The maximum atomic E-state index is 13.2. The Morgan fingerprint density at radius 1 is 1.00 bits per heavy atom. The van der Waals surface area contributed by atoms with Gasteiger partial charge in [-0.15, -0.1) is 0 Å². The van der Waals surface area contributed by atoms with Crippen LogP contribution in [0.15, 0.2) is 42.6 Å². The fourth-order valence-corrected chi connectivity index (χ4v) is 3.20. The number of fused-ring (bicyclic) bond motifs is 1. The van der Waals surface area contributed by atoms with Gasteiger partial charge in [0.15, 0.2) is 0 Å². The maximum absolute atomic E-state index is 13.2. The Bertz CT molecular complexity index is 957. The second-order valence-corrected chi connectivity index (χ2v) is 7.10. The third-order valence-corrected chi connectivity index (χ3v) is 4.55. The smallest absolute Gasteiger partial charge is 0.262 e. The molecular weight excluding hydrogens is 328 g/mol. The van der Waals surface area contributed by atoms with Gasteiger partial charge in [-0.25, -0.2) is 0 Å². The number of nitrogens with zero attached hydrogens (tertiary/aromatic N) is 1. The van der Waals surface area contributed by atoms with Crippen LogP contribution < -0.4 is 4.90 Å². The standard InChI is InChI=1S/C21H24N2O3/c1-12(2)16-10-17(20(25)11-19(16)24)21(26)23(13(3)4)15-5-6-18-14(9-15)7-8-22-18/h5-13,22,24-25H,1-4H3. The van der Waals surface area contributed by atoms with Gasteiger partial charge in [0.05, 0.1) is 5.56 Å². The fourth-order valence-electron chi connectivity index (χ4n) is 3.20. The Morgan fingerprint density at radius 2 is 1.73 bits per heavy atom. The molecule has 3 rings (SSSR count). The highest BCUT2D eigenvalue weighted by Crippen LogP contribution is 2.34. The number of phenolic OH excluding ortho intramolecular Hbond substituents is 2. The molecule has 0 bridgehead atoms. The number of hydrogen-bond donors (Lipinski definition) is 3. The number of carbonyl (C=O) groups is 1. The van der Waals surface area contributed by atoms with E-state index in [0.717, 1.165) is 16.6 Å². The van der Waals surface area contributed by atoms with Crippen molar-refractivity contribution in [2.75, 3.05) is 4.90 Å². The Kier molecular flexibility index (Phi) is 4.64. The summed E-state index contributed by atoms with van der Waals surface area (Å²) < 4.78 is 0. The minimum Gasteiger partial charge on any atom is -0.508 e. The lowest BCUT2D eigenvalue weighted by molar-refractivity contribution is 0.0977. The second kappa shape index (κ2) is 6.75. The van der Waals surface area contributed by atoms with E-state index in [2.05, 4.69) is 4.98 Å². The van der Waals surface area contributed by atoms with Crippen LogP contribution in [0.5, 0.6) is 11.5 Å². The molecule has 0 aliphatic heterocycles. The molecular formula is C21H24N2O3. The molecule has 136 valence electrons. The average Bonchev–Trinajstić information content (AvgIpc) is 3.02. The van der Waals surface area contributed by atoms with E-state index >= 15 is 0 Å². The van der Waals surface area contributed by atoms with Crippen LogP contribution in [0.1, 0.15) is 49.5 Å². The van der Waals surface area contributed by atoms with Crippen molar-refractivity contribution in [1.29, 1.82) is 0 Å². The van der Waals surface area contributed by atoms with Crippen LogP contribution in [0.2, 0.25) is 0 Å². The van der Waals surface area contributed by atoms with Crippen molar-refractivity contribution in [2.45, 2.75) is 39.7 Å². The molecule has 3 aromatic rings. The minimum atomic E-state index is -0.297. The maximum Gasteiger partial charge on any atom is 0.262 e. The van der Waals surface area contributed by atoms with Gasteiger partial charge in [0.2, 0.25) is 0 Å². The molecule has 1 aromatic heterocycles. The monoisotopic (exact) mass is 352 g/mol. The molecule has 0 aliphatic rings. The predicted octanol–water partition coefficient (Wildman–Crippen LogP) is 4.76. The van der Waals surface area contributed by atoms with Gasteiger partial charge in [-0.1, -0.05) is 13.8 Å². The zero-order chi connectivity index (χ0) is 19.0. The van der Waals surface area contributed by atoms with Crippen LogP contribution in [-0.2, 0) is 0 Å². The van der Waals surface area contributed by atoms with Gasteiger partial charge in [0.1, 0.15) is 11.5 Å². The molecule has 3 N–H and O–H groups in total. The summed E-state index contributed by atoms with van der Waals surface area (Å²) in [7, 11) is 0. The van der Waals surface area contributed by atoms with E-state index in [1.807, 2.05) is 58.2 Å². The molecule has 0 aliphatic carbocycles. The third-order valence-electron chi connectivity index (χ3n) is 4.55. The first kappa shape index (κ1) is 17.9. The molecule has 0 saturated heterocycles. The zero-order valence-electron chi connectivity index (χ0n) is 15.4. The Morgan fingerprint density at radius 3 is 2.38 bits per heavy atom. The van der Waals surface area contributed by atoms with Crippen molar-refractivity contribution in [3.8, 4) is 11.5 Å². The number of aromatic hydroxyl groups is 2. The van der Waals surface area contributed by atoms with Crippen LogP contribution in [0.25, 0.3) is 10.9 Å². The normalized spacial score (nSPS) is 11.5. The van der Waals surface area contributed by atoms with Crippen LogP contribution in [0.3, 0.4) is 0 Å². The molecule has 1 amide bonds. The SMILES string of the molecule is CC(C)c1cc(C(=O)N(c2ccc3[nH]ccc3c2)C(C)C)c(O)cc1O. The van der Waals surface area contributed by atoms with E-state index in [9.17, 15) is 15.0 Å². The highest BCUT2D eigenvalue weighted by Gasteiger charge is 2.25. The number of hydrogen-bond acceptors (Lipinski definition) is 3.